The molecular formula is C12H18O4S. The number of aliphatic carboxylic acids is 1. The second-order valence-electron chi connectivity index (χ2n) is 5.12. The van der Waals surface area contributed by atoms with Gasteiger partial charge in [0.2, 0.25) is 0 Å². The predicted molar refractivity (Wildman–Crippen MR) is 64.9 cm³/mol. The number of carbonyl (C=O) groups excluding carboxylic acids is 1. The van der Waals surface area contributed by atoms with E-state index < -0.39 is 18.0 Å². The van der Waals surface area contributed by atoms with Gasteiger partial charge in [0.25, 0.3) is 0 Å². The minimum atomic E-state index is -0.898. The molecule has 0 aromatic rings. The number of thiol groups is 1. The highest BCUT2D eigenvalue weighted by Crippen LogP contribution is 2.50. The van der Waals surface area contributed by atoms with Crippen molar-refractivity contribution in [3.8, 4) is 0 Å². The molecule has 17 heavy (non-hydrogen) atoms. The van der Waals surface area contributed by atoms with E-state index in [2.05, 4.69) is 12.6 Å². The summed E-state index contributed by atoms with van der Waals surface area (Å²) in [7, 11) is 0. The van der Waals surface area contributed by atoms with E-state index in [1.807, 2.05) is 0 Å². The zero-order valence-electron chi connectivity index (χ0n) is 9.67. The number of carboxylic acid groups (broad SMARTS) is 1. The fourth-order valence-corrected chi connectivity index (χ4v) is 3.48. The molecule has 2 fully saturated rings. The maximum absolute atomic E-state index is 11.3. The molecule has 0 radical (unpaired) electrons. The van der Waals surface area contributed by atoms with Crippen molar-refractivity contribution in [2.45, 2.75) is 38.2 Å². The topological polar surface area (TPSA) is 63.6 Å². The molecule has 96 valence electrons. The molecule has 2 rings (SSSR count). The van der Waals surface area contributed by atoms with Gasteiger partial charge in [0.15, 0.2) is 0 Å². The Morgan fingerprint density at radius 1 is 1.35 bits per heavy atom. The Hall–Kier alpha value is -0.710. The van der Waals surface area contributed by atoms with Crippen LogP contribution in [0.1, 0.15) is 32.1 Å². The Morgan fingerprint density at radius 3 is 2.59 bits per heavy atom. The second kappa shape index (κ2) is 5.29. The molecule has 2 saturated carbocycles. The largest absolute Gasteiger partial charge is 0.481 e. The molecule has 0 aromatic carbocycles. The molecule has 1 N–H and O–H groups in total. The number of carbonyl (C=O) groups is 2. The van der Waals surface area contributed by atoms with Crippen LogP contribution in [0.5, 0.6) is 0 Å². The molecule has 0 saturated heterocycles. The van der Waals surface area contributed by atoms with Crippen molar-refractivity contribution in [1.82, 2.24) is 0 Å². The lowest BCUT2D eigenvalue weighted by molar-refractivity contribution is -0.154. The summed E-state index contributed by atoms with van der Waals surface area (Å²) < 4.78 is 5.25. The lowest BCUT2D eigenvalue weighted by atomic mass is 9.83. The van der Waals surface area contributed by atoms with Gasteiger partial charge in [-0.15, -0.1) is 0 Å². The van der Waals surface area contributed by atoms with Crippen LogP contribution in [0.2, 0.25) is 0 Å². The van der Waals surface area contributed by atoms with E-state index in [0.717, 1.165) is 18.8 Å². The summed E-state index contributed by atoms with van der Waals surface area (Å²) >= 11 is 3.86. The van der Waals surface area contributed by atoms with E-state index in [1.54, 1.807) is 0 Å². The van der Waals surface area contributed by atoms with Crippen molar-refractivity contribution < 1.29 is 19.4 Å². The minimum Gasteiger partial charge on any atom is -0.481 e. The van der Waals surface area contributed by atoms with Gasteiger partial charge < -0.3 is 9.84 Å². The summed E-state index contributed by atoms with van der Waals surface area (Å²) in [5.74, 6) is 0.213. The first kappa shape index (κ1) is 12.7. The molecule has 2 bridgehead atoms. The molecule has 4 atom stereocenters. The third-order valence-electron chi connectivity index (χ3n) is 4.06. The van der Waals surface area contributed by atoms with E-state index >= 15 is 0 Å². The van der Waals surface area contributed by atoms with E-state index in [0.29, 0.717) is 5.92 Å². The highest BCUT2D eigenvalue weighted by molar-refractivity contribution is 7.81. The Balaban J connectivity index is 1.99. The van der Waals surface area contributed by atoms with E-state index in [4.69, 9.17) is 9.84 Å². The summed E-state index contributed by atoms with van der Waals surface area (Å²) in [6.45, 7) is 0. The van der Waals surface area contributed by atoms with Gasteiger partial charge in [-0.05, 0) is 37.0 Å². The molecular weight excluding hydrogens is 240 g/mol. The smallest absolute Gasteiger partial charge is 0.315 e. The lowest BCUT2D eigenvalue weighted by Gasteiger charge is -2.29. The number of fused-ring (bicyclic) bond motifs is 2. The van der Waals surface area contributed by atoms with Gasteiger partial charge in [-0.2, -0.15) is 12.6 Å². The fraction of sp³-hybridized carbons (Fsp3) is 0.833. The molecule has 0 amide bonds. The van der Waals surface area contributed by atoms with Crippen molar-refractivity contribution in [1.29, 1.82) is 0 Å². The molecule has 5 heteroatoms. The Bertz CT molecular complexity index is 318. The first-order chi connectivity index (χ1) is 8.10. The van der Waals surface area contributed by atoms with Crippen LogP contribution in [0.15, 0.2) is 0 Å². The standard InChI is InChI=1S/C12H18O4S/c13-11(14)5-10(16-12(15)6-17)9-4-7-1-2-8(9)3-7/h7-10,17H,1-6H2,(H,13,14). The van der Waals surface area contributed by atoms with Crippen molar-refractivity contribution in [2.24, 2.45) is 17.8 Å². The number of hydrogen-bond acceptors (Lipinski definition) is 4. The Kier molecular flexibility index (Phi) is 3.97. The predicted octanol–water partition coefficient (Wildman–Crippen LogP) is 1.74. The summed E-state index contributed by atoms with van der Waals surface area (Å²) in [6.07, 6.45) is 4.07. The van der Waals surface area contributed by atoms with Gasteiger partial charge in [0.05, 0.1) is 12.2 Å². The average Bonchev–Trinajstić information content (AvgIpc) is 2.88. The number of rotatable bonds is 5. The van der Waals surface area contributed by atoms with E-state index in [-0.39, 0.29) is 18.1 Å². The molecule has 4 nitrogen and oxygen atoms in total. The van der Waals surface area contributed by atoms with Gasteiger partial charge >= 0.3 is 11.9 Å². The molecule has 0 aliphatic heterocycles. The molecule has 2 aliphatic rings. The molecule has 0 heterocycles. The first-order valence-electron chi connectivity index (χ1n) is 6.12. The molecule has 4 unspecified atom stereocenters. The van der Waals surface area contributed by atoms with Gasteiger partial charge in [-0.1, -0.05) is 6.42 Å². The summed E-state index contributed by atoms with van der Waals surface area (Å²) in [5.41, 5.74) is 0. The number of carboxylic acids is 1. The third kappa shape index (κ3) is 2.94. The van der Waals surface area contributed by atoms with Crippen molar-refractivity contribution >= 4 is 24.6 Å². The van der Waals surface area contributed by atoms with Crippen molar-refractivity contribution in [2.75, 3.05) is 5.75 Å². The third-order valence-corrected chi connectivity index (χ3v) is 4.32. The van der Waals surface area contributed by atoms with Crippen LogP contribution in [0.25, 0.3) is 0 Å². The molecule has 2 aliphatic carbocycles. The second-order valence-corrected chi connectivity index (χ2v) is 5.44. The maximum atomic E-state index is 11.3. The van der Waals surface area contributed by atoms with Crippen LogP contribution in [0.3, 0.4) is 0 Å². The molecule has 0 aromatic heterocycles. The van der Waals surface area contributed by atoms with E-state index in [9.17, 15) is 9.59 Å². The summed E-state index contributed by atoms with van der Waals surface area (Å²) in [5, 5.41) is 8.89. The van der Waals surface area contributed by atoms with Crippen LogP contribution >= 0.6 is 12.6 Å². The lowest BCUT2D eigenvalue weighted by Crippen LogP contribution is -2.33. The van der Waals surface area contributed by atoms with Crippen LogP contribution in [-0.2, 0) is 14.3 Å². The van der Waals surface area contributed by atoms with Gasteiger partial charge in [-0.25, -0.2) is 0 Å². The maximum Gasteiger partial charge on any atom is 0.315 e. The van der Waals surface area contributed by atoms with Crippen molar-refractivity contribution in [3.63, 3.8) is 0 Å². The Labute approximate surface area is 106 Å². The normalized spacial score (nSPS) is 32.4. The quantitative estimate of drug-likeness (QED) is 0.582. The van der Waals surface area contributed by atoms with Crippen LogP contribution in [0, 0.1) is 17.8 Å². The van der Waals surface area contributed by atoms with Gasteiger partial charge in [0.1, 0.15) is 6.10 Å². The van der Waals surface area contributed by atoms with Crippen LogP contribution < -0.4 is 0 Å². The number of ether oxygens (including phenoxy) is 1. The zero-order chi connectivity index (χ0) is 12.4. The van der Waals surface area contributed by atoms with Gasteiger partial charge in [0, 0.05) is 0 Å². The zero-order valence-corrected chi connectivity index (χ0v) is 10.6. The fourth-order valence-electron chi connectivity index (χ4n) is 3.41. The molecule has 0 spiro atoms. The first-order valence-corrected chi connectivity index (χ1v) is 6.75. The van der Waals surface area contributed by atoms with Gasteiger partial charge in [-0.3, -0.25) is 9.59 Å². The van der Waals surface area contributed by atoms with E-state index in [1.165, 1.54) is 12.8 Å². The minimum absolute atomic E-state index is 0.0108. The highest BCUT2D eigenvalue weighted by atomic mass is 32.1. The summed E-state index contributed by atoms with van der Waals surface area (Å²) in [4.78, 5) is 22.1. The monoisotopic (exact) mass is 258 g/mol. The van der Waals surface area contributed by atoms with Crippen molar-refractivity contribution in [3.05, 3.63) is 0 Å². The number of hydrogen-bond donors (Lipinski definition) is 2. The Morgan fingerprint density at radius 2 is 2.12 bits per heavy atom. The summed E-state index contributed by atoms with van der Waals surface area (Å²) in [6, 6.07) is 0. The highest BCUT2D eigenvalue weighted by Gasteiger charge is 2.44. The number of esters is 1. The van der Waals surface area contributed by atoms with Crippen LogP contribution in [-0.4, -0.2) is 28.9 Å². The SMILES string of the molecule is O=C(O)CC(OC(=O)CS)C1CC2CCC1C2. The average molecular weight is 258 g/mol. The van der Waals surface area contributed by atoms with Crippen LogP contribution in [0.4, 0.5) is 0 Å².